The Labute approximate surface area is 110 Å². The van der Waals surface area contributed by atoms with Crippen LogP contribution in [0.3, 0.4) is 0 Å². The largest absolute Gasteiger partial charge is 0.497 e. The van der Waals surface area contributed by atoms with Crippen LogP contribution in [-0.2, 0) is 10.2 Å². The Morgan fingerprint density at radius 2 is 2.11 bits per heavy atom. The number of nitrogens with one attached hydrogen (secondary N) is 2. The van der Waals surface area contributed by atoms with Gasteiger partial charge in [0.1, 0.15) is 5.75 Å². The van der Waals surface area contributed by atoms with Gasteiger partial charge in [-0.1, -0.05) is 0 Å². The van der Waals surface area contributed by atoms with E-state index >= 15 is 0 Å². The fraction of sp³-hybridized carbons (Fsp3) is 0.364. The Kier molecular flexibility index (Phi) is 3.63. The van der Waals surface area contributed by atoms with Gasteiger partial charge in [-0.2, -0.15) is 13.1 Å². The molecule has 2 rings (SSSR count). The van der Waals surface area contributed by atoms with Gasteiger partial charge in [0.2, 0.25) is 0 Å². The van der Waals surface area contributed by atoms with Crippen LogP contribution in [-0.4, -0.2) is 32.6 Å². The Bertz CT molecular complexity index is 595. The van der Waals surface area contributed by atoms with Gasteiger partial charge in [-0.25, -0.2) is 4.79 Å². The molecule has 19 heavy (non-hydrogen) atoms. The second-order valence-electron chi connectivity index (χ2n) is 4.21. The van der Waals surface area contributed by atoms with E-state index in [9.17, 15) is 13.2 Å². The van der Waals surface area contributed by atoms with Crippen molar-refractivity contribution in [3.05, 3.63) is 23.8 Å². The molecule has 1 saturated carbocycles. The summed E-state index contributed by atoms with van der Waals surface area (Å²) in [7, 11) is -2.35. The lowest BCUT2D eigenvalue weighted by molar-refractivity contribution is 0.0697. The average Bonchev–Trinajstić information content (AvgIpc) is 3.11. The molecule has 1 aromatic rings. The minimum atomic E-state index is -3.75. The molecule has 0 spiro atoms. The smallest absolute Gasteiger partial charge is 0.337 e. The maximum atomic E-state index is 11.7. The molecule has 0 atom stereocenters. The third kappa shape index (κ3) is 3.58. The Morgan fingerprint density at radius 1 is 1.42 bits per heavy atom. The summed E-state index contributed by atoms with van der Waals surface area (Å²) < 4.78 is 33.0. The lowest BCUT2D eigenvalue weighted by Crippen LogP contribution is -2.32. The van der Waals surface area contributed by atoms with Crippen LogP contribution in [0.2, 0.25) is 0 Å². The van der Waals surface area contributed by atoms with E-state index in [0.717, 1.165) is 12.8 Å². The highest BCUT2D eigenvalue weighted by atomic mass is 32.2. The molecule has 0 amide bonds. The van der Waals surface area contributed by atoms with E-state index in [0.29, 0.717) is 5.75 Å². The number of carbonyl (C=O) groups is 1. The standard InChI is InChI=1S/C11H14N2O5S/c1-18-8-4-5-10(9(6-8)11(14)15)13-19(16,17)12-7-2-3-7/h4-7,12-13H,2-3H2,1H3,(H,14,15). The number of ether oxygens (including phenoxy) is 1. The number of benzene rings is 1. The number of carboxylic acid groups (broad SMARTS) is 1. The summed E-state index contributed by atoms with van der Waals surface area (Å²) in [4.78, 5) is 11.1. The summed E-state index contributed by atoms with van der Waals surface area (Å²) in [5, 5.41) is 9.07. The highest BCUT2D eigenvalue weighted by Gasteiger charge is 2.27. The highest BCUT2D eigenvalue weighted by molar-refractivity contribution is 7.90. The summed E-state index contributed by atoms with van der Waals surface area (Å²) in [6.07, 6.45) is 1.60. The Morgan fingerprint density at radius 3 is 2.63 bits per heavy atom. The molecule has 1 aliphatic carbocycles. The van der Waals surface area contributed by atoms with Crippen LogP contribution in [0.15, 0.2) is 18.2 Å². The molecule has 0 radical (unpaired) electrons. The summed E-state index contributed by atoms with van der Waals surface area (Å²) >= 11 is 0. The number of aromatic carboxylic acids is 1. The second-order valence-corrected chi connectivity index (χ2v) is 5.66. The first-order valence-electron chi connectivity index (χ1n) is 5.62. The molecule has 0 heterocycles. The van der Waals surface area contributed by atoms with E-state index in [4.69, 9.17) is 9.84 Å². The van der Waals surface area contributed by atoms with Crippen molar-refractivity contribution in [2.24, 2.45) is 0 Å². The van der Waals surface area contributed by atoms with Crippen molar-refractivity contribution in [3.8, 4) is 5.75 Å². The molecule has 104 valence electrons. The van der Waals surface area contributed by atoms with E-state index in [2.05, 4.69) is 9.44 Å². The maximum absolute atomic E-state index is 11.7. The zero-order valence-electron chi connectivity index (χ0n) is 10.2. The minimum absolute atomic E-state index is 0.00134. The fourth-order valence-corrected chi connectivity index (χ4v) is 2.71. The lowest BCUT2D eigenvalue weighted by Gasteiger charge is -2.12. The second kappa shape index (κ2) is 5.06. The van der Waals surface area contributed by atoms with Crippen molar-refractivity contribution in [1.29, 1.82) is 0 Å². The van der Waals surface area contributed by atoms with Gasteiger partial charge < -0.3 is 9.84 Å². The van der Waals surface area contributed by atoms with Gasteiger partial charge in [-0.15, -0.1) is 0 Å². The van der Waals surface area contributed by atoms with Crippen LogP contribution in [0.4, 0.5) is 5.69 Å². The van der Waals surface area contributed by atoms with Crippen molar-refractivity contribution in [1.82, 2.24) is 4.72 Å². The molecule has 0 aromatic heterocycles. The Balaban J connectivity index is 2.25. The highest BCUT2D eigenvalue weighted by Crippen LogP contribution is 2.24. The van der Waals surface area contributed by atoms with E-state index in [1.165, 1.54) is 25.3 Å². The molecule has 1 fully saturated rings. The SMILES string of the molecule is COc1ccc(NS(=O)(=O)NC2CC2)c(C(=O)O)c1. The van der Waals surface area contributed by atoms with Gasteiger partial charge in [0.25, 0.3) is 10.2 Å². The molecule has 0 unspecified atom stereocenters. The van der Waals surface area contributed by atoms with Gasteiger partial charge in [-0.05, 0) is 31.0 Å². The van der Waals surface area contributed by atoms with E-state index in [1.807, 2.05) is 0 Å². The molecule has 1 aliphatic rings. The molecule has 3 N–H and O–H groups in total. The van der Waals surface area contributed by atoms with E-state index < -0.39 is 16.2 Å². The van der Waals surface area contributed by atoms with Crippen molar-refractivity contribution >= 4 is 21.9 Å². The van der Waals surface area contributed by atoms with Gasteiger partial charge in [0.05, 0.1) is 18.4 Å². The van der Waals surface area contributed by atoms with Crippen molar-refractivity contribution in [2.75, 3.05) is 11.8 Å². The molecular weight excluding hydrogens is 272 g/mol. The van der Waals surface area contributed by atoms with Crippen LogP contribution in [0.5, 0.6) is 5.75 Å². The third-order valence-electron chi connectivity index (χ3n) is 2.60. The minimum Gasteiger partial charge on any atom is -0.497 e. The van der Waals surface area contributed by atoms with Crippen LogP contribution in [0.1, 0.15) is 23.2 Å². The first-order valence-corrected chi connectivity index (χ1v) is 7.11. The fourth-order valence-electron chi connectivity index (χ4n) is 1.51. The van der Waals surface area contributed by atoms with E-state index in [-0.39, 0.29) is 17.3 Å². The Hall–Kier alpha value is -1.80. The number of hydrogen-bond acceptors (Lipinski definition) is 4. The number of hydrogen-bond donors (Lipinski definition) is 3. The van der Waals surface area contributed by atoms with Gasteiger partial charge in [0, 0.05) is 6.04 Å². The molecular formula is C11H14N2O5S. The maximum Gasteiger partial charge on any atom is 0.337 e. The molecule has 0 bridgehead atoms. The van der Waals surface area contributed by atoms with Gasteiger partial charge >= 0.3 is 5.97 Å². The van der Waals surface area contributed by atoms with Crippen LogP contribution in [0, 0.1) is 0 Å². The number of carboxylic acids is 1. The van der Waals surface area contributed by atoms with Crippen LogP contribution >= 0.6 is 0 Å². The topological polar surface area (TPSA) is 105 Å². The van der Waals surface area contributed by atoms with E-state index in [1.54, 1.807) is 0 Å². The monoisotopic (exact) mass is 286 g/mol. The summed E-state index contributed by atoms with van der Waals surface area (Å²) in [5.41, 5.74) is -0.165. The zero-order valence-corrected chi connectivity index (χ0v) is 11.0. The average molecular weight is 286 g/mol. The third-order valence-corrected chi connectivity index (χ3v) is 3.73. The normalized spacial score (nSPS) is 15.0. The number of methoxy groups -OCH3 is 1. The predicted molar refractivity (Wildman–Crippen MR) is 68.7 cm³/mol. The summed E-state index contributed by atoms with van der Waals surface area (Å²) in [6, 6.07) is 4.05. The molecule has 7 nitrogen and oxygen atoms in total. The number of rotatable bonds is 6. The zero-order chi connectivity index (χ0) is 14.0. The first-order chi connectivity index (χ1) is 8.91. The van der Waals surface area contributed by atoms with Gasteiger partial charge in [0.15, 0.2) is 0 Å². The van der Waals surface area contributed by atoms with Gasteiger partial charge in [-0.3, -0.25) is 4.72 Å². The van der Waals surface area contributed by atoms with Crippen molar-refractivity contribution in [3.63, 3.8) is 0 Å². The lowest BCUT2D eigenvalue weighted by atomic mass is 10.2. The van der Waals surface area contributed by atoms with Crippen molar-refractivity contribution in [2.45, 2.75) is 18.9 Å². The molecule has 8 heteroatoms. The summed E-state index contributed by atoms with van der Waals surface area (Å²) in [6.45, 7) is 0. The summed E-state index contributed by atoms with van der Waals surface area (Å²) in [5.74, 6) is -0.890. The molecule has 1 aromatic carbocycles. The van der Waals surface area contributed by atoms with Crippen LogP contribution in [0.25, 0.3) is 0 Å². The molecule has 0 saturated heterocycles. The number of anilines is 1. The predicted octanol–water partition coefficient (Wildman–Crippen LogP) is 0.802. The van der Waals surface area contributed by atoms with Crippen LogP contribution < -0.4 is 14.2 Å². The molecule has 0 aliphatic heterocycles. The first kappa shape index (κ1) is 13.6. The quantitative estimate of drug-likeness (QED) is 0.717. The van der Waals surface area contributed by atoms with Crippen molar-refractivity contribution < 1.29 is 23.1 Å².